The van der Waals surface area contributed by atoms with Gasteiger partial charge in [0.1, 0.15) is 0 Å². The van der Waals surface area contributed by atoms with E-state index in [2.05, 4.69) is 24.3 Å². The van der Waals surface area contributed by atoms with Gasteiger partial charge in [0.05, 0.1) is 0 Å². The first-order valence-electron chi connectivity index (χ1n) is 3.33. The van der Waals surface area contributed by atoms with Crippen LogP contribution in [0.4, 0.5) is 0 Å². The second-order valence-corrected chi connectivity index (χ2v) is 2.95. The average Bonchev–Trinajstić information content (AvgIpc) is 1.79. The van der Waals surface area contributed by atoms with Crippen LogP contribution in [0.1, 0.15) is 19.3 Å². The Morgan fingerprint density at radius 3 is 3.11 bits per heavy atom. The molecule has 0 heterocycles. The van der Waals surface area contributed by atoms with E-state index in [9.17, 15) is 0 Å². The van der Waals surface area contributed by atoms with E-state index in [1.54, 1.807) is 0 Å². The summed E-state index contributed by atoms with van der Waals surface area (Å²) in [5.74, 6) is 0. The van der Waals surface area contributed by atoms with Gasteiger partial charge in [-0.15, -0.1) is 0 Å². The zero-order chi connectivity index (χ0) is 6.53. The number of allylic oxidation sites excluding steroid dienone is 4. The van der Waals surface area contributed by atoms with E-state index in [1.165, 1.54) is 19.3 Å². The van der Waals surface area contributed by atoms with Crippen LogP contribution in [-0.4, -0.2) is 0 Å². The Kier molecular flexibility index (Phi) is 3.07. The number of rotatable bonds is 0. The standard InChI is InChI=1S/C8H11.Ni/c1-2-4-6-8-7-5-3-1;/h1-5H,6-8H2;/b2-1-,5-3-;. The summed E-state index contributed by atoms with van der Waals surface area (Å²) in [4.78, 5) is 0.412. The minimum atomic E-state index is 0.412. The fourth-order valence-corrected chi connectivity index (χ4v) is 1.18. The van der Waals surface area contributed by atoms with Gasteiger partial charge in [-0.2, -0.15) is 0 Å². The zero-order valence-corrected chi connectivity index (χ0v) is 6.31. The fraction of sp³-hybridized carbons (Fsp3) is 0.500. The van der Waals surface area contributed by atoms with E-state index in [0.717, 1.165) is 0 Å². The van der Waals surface area contributed by atoms with Crippen LogP contribution >= 0.6 is 0 Å². The van der Waals surface area contributed by atoms with Crippen LogP contribution in [0.3, 0.4) is 0 Å². The van der Waals surface area contributed by atoms with Crippen LogP contribution in [-0.2, 0) is 15.5 Å². The summed E-state index contributed by atoms with van der Waals surface area (Å²) < 4.78 is 0. The molecule has 1 rings (SSSR count). The van der Waals surface area contributed by atoms with Gasteiger partial charge in [0.15, 0.2) is 0 Å². The van der Waals surface area contributed by atoms with Gasteiger partial charge >= 0.3 is 63.9 Å². The Balaban J connectivity index is 2.44. The van der Waals surface area contributed by atoms with E-state index in [4.69, 9.17) is 15.5 Å². The zero-order valence-electron chi connectivity index (χ0n) is 5.32. The van der Waals surface area contributed by atoms with Gasteiger partial charge in [0, 0.05) is 0 Å². The van der Waals surface area contributed by atoms with Crippen molar-refractivity contribution in [2.45, 2.75) is 24.2 Å². The molecule has 0 saturated heterocycles. The molecule has 0 amide bonds. The molecule has 0 aromatic carbocycles. The molecule has 0 saturated carbocycles. The topological polar surface area (TPSA) is 0 Å². The van der Waals surface area contributed by atoms with E-state index < -0.39 is 0 Å². The molecule has 0 N–H and O–H groups in total. The van der Waals surface area contributed by atoms with Crippen LogP contribution in [0.25, 0.3) is 0 Å². The summed E-state index contributed by atoms with van der Waals surface area (Å²) in [6.45, 7) is 0. The fourth-order valence-electron chi connectivity index (χ4n) is 0.867. The quantitative estimate of drug-likeness (QED) is 0.485. The van der Waals surface area contributed by atoms with Gasteiger partial charge < -0.3 is 0 Å². The predicted octanol–water partition coefficient (Wildman–Crippen LogP) is 2.62. The van der Waals surface area contributed by atoms with Crippen LogP contribution in [0.2, 0.25) is 4.89 Å². The number of hydrogen-bond acceptors (Lipinski definition) is 0. The van der Waals surface area contributed by atoms with Crippen molar-refractivity contribution in [2.24, 2.45) is 0 Å². The van der Waals surface area contributed by atoms with Crippen molar-refractivity contribution in [1.29, 1.82) is 0 Å². The summed E-state index contributed by atoms with van der Waals surface area (Å²) in [5.41, 5.74) is 0. The molecule has 0 aliphatic heterocycles. The summed E-state index contributed by atoms with van der Waals surface area (Å²) in [6, 6.07) is 0. The molecule has 1 aliphatic carbocycles. The first-order chi connectivity index (χ1) is 4.39. The normalized spacial score (nSPS) is 34.7. The van der Waals surface area contributed by atoms with Crippen molar-refractivity contribution < 1.29 is 15.5 Å². The van der Waals surface area contributed by atoms with Crippen molar-refractivity contribution >= 4 is 0 Å². The van der Waals surface area contributed by atoms with Gasteiger partial charge in [-0.3, -0.25) is 0 Å². The summed E-state index contributed by atoms with van der Waals surface area (Å²) in [5, 5.41) is 0. The van der Waals surface area contributed by atoms with Crippen molar-refractivity contribution in [3.05, 3.63) is 24.3 Å². The second kappa shape index (κ2) is 3.90. The SMILES string of the molecule is [Ni][CH]1/C=C\C=C/CCC1. The molecule has 0 radical (unpaired) electrons. The molecule has 0 nitrogen and oxygen atoms in total. The van der Waals surface area contributed by atoms with Gasteiger partial charge in [-0.25, -0.2) is 0 Å². The van der Waals surface area contributed by atoms with Gasteiger partial charge in [0.2, 0.25) is 0 Å². The molecule has 0 bridgehead atoms. The third-order valence-electron chi connectivity index (χ3n) is 1.39. The van der Waals surface area contributed by atoms with Crippen LogP contribution < -0.4 is 0 Å². The molecule has 0 aromatic heterocycles. The van der Waals surface area contributed by atoms with Crippen molar-refractivity contribution in [3.8, 4) is 0 Å². The van der Waals surface area contributed by atoms with E-state index >= 15 is 0 Å². The van der Waals surface area contributed by atoms with Crippen molar-refractivity contribution in [2.75, 3.05) is 0 Å². The first kappa shape index (κ1) is 7.08. The molecule has 53 valence electrons. The van der Waals surface area contributed by atoms with Crippen LogP contribution in [0.5, 0.6) is 0 Å². The van der Waals surface area contributed by atoms with Gasteiger partial charge in [0.25, 0.3) is 0 Å². The first-order valence-corrected chi connectivity index (χ1v) is 3.90. The maximum absolute atomic E-state index is 4.83. The molecule has 1 heteroatoms. The predicted molar refractivity (Wildman–Crippen MR) is 35.9 cm³/mol. The molecule has 0 aromatic rings. The monoisotopic (exact) mass is 165 g/mol. The molecule has 1 unspecified atom stereocenters. The summed E-state index contributed by atoms with van der Waals surface area (Å²) in [6.07, 6.45) is 12.1. The Hall–Kier alpha value is -0.0265. The third kappa shape index (κ3) is 2.86. The average molecular weight is 166 g/mol. The molecule has 0 spiro atoms. The third-order valence-corrected chi connectivity index (χ3v) is 1.86. The Labute approximate surface area is 64.4 Å². The molecular formula is C8H11Ni. The molecule has 1 atom stereocenters. The van der Waals surface area contributed by atoms with Crippen molar-refractivity contribution in [3.63, 3.8) is 0 Å². The molecule has 1 aliphatic rings. The second-order valence-electron chi connectivity index (χ2n) is 2.21. The van der Waals surface area contributed by atoms with Crippen molar-refractivity contribution in [1.82, 2.24) is 0 Å². The summed E-state index contributed by atoms with van der Waals surface area (Å²) >= 11 is 4.83. The Morgan fingerprint density at radius 2 is 2.22 bits per heavy atom. The molecular weight excluding hydrogens is 155 g/mol. The summed E-state index contributed by atoms with van der Waals surface area (Å²) in [7, 11) is 0. The number of hydrogen-bond donors (Lipinski definition) is 0. The maximum atomic E-state index is 4.83. The molecule has 9 heavy (non-hydrogen) atoms. The van der Waals surface area contributed by atoms with E-state index in [-0.39, 0.29) is 0 Å². The Bertz CT molecular complexity index is 125. The van der Waals surface area contributed by atoms with Gasteiger partial charge in [-0.1, -0.05) is 0 Å². The van der Waals surface area contributed by atoms with Crippen LogP contribution in [0, 0.1) is 0 Å². The Morgan fingerprint density at radius 1 is 1.33 bits per heavy atom. The molecule has 0 fully saturated rings. The van der Waals surface area contributed by atoms with Crippen LogP contribution in [0.15, 0.2) is 24.3 Å². The van der Waals surface area contributed by atoms with E-state index in [1.807, 2.05) is 0 Å². The minimum absolute atomic E-state index is 0.412. The van der Waals surface area contributed by atoms with Gasteiger partial charge in [-0.05, 0) is 0 Å². The van der Waals surface area contributed by atoms with E-state index in [0.29, 0.717) is 4.89 Å².